The third-order valence-corrected chi connectivity index (χ3v) is 5.96. The average molecular weight is 368 g/mol. The zero-order valence-corrected chi connectivity index (χ0v) is 15.5. The Kier molecular flexibility index (Phi) is 4.59. The molecule has 3 aromatic rings. The number of fused-ring (bicyclic) bond motifs is 3. The number of aryl methyl sites for hydroxylation is 2. The Hall–Kier alpha value is -2.47. The van der Waals surface area contributed by atoms with Gasteiger partial charge in [-0.3, -0.25) is 9.36 Å². The summed E-state index contributed by atoms with van der Waals surface area (Å²) in [6.45, 7) is 2.58. The molecule has 6 heteroatoms. The summed E-state index contributed by atoms with van der Waals surface area (Å²) in [6.07, 6.45) is 6.00. The number of thiophene rings is 1. The van der Waals surface area contributed by atoms with Crippen LogP contribution >= 0.6 is 11.3 Å². The number of hydrogen-bond donors (Lipinski definition) is 0. The number of benzene rings is 1. The molecule has 0 unspecified atom stereocenters. The van der Waals surface area contributed by atoms with Gasteiger partial charge in [0.15, 0.2) is 0 Å². The maximum Gasteiger partial charge on any atom is 0.338 e. The first-order valence-corrected chi connectivity index (χ1v) is 9.74. The van der Waals surface area contributed by atoms with Crippen molar-refractivity contribution in [1.82, 2.24) is 9.55 Å². The fourth-order valence-electron chi connectivity index (χ4n) is 3.45. The van der Waals surface area contributed by atoms with Crippen molar-refractivity contribution in [3.8, 4) is 0 Å². The van der Waals surface area contributed by atoms with Crippen LogP contribution in [0, 0.1) is 0 Å². The highest BCUT2D eigenvalue weighted by molar-refractivity contribution is 7.18. The number of esters is 1. The Morgan fingerprint density at radius 2 is 2.00 bits per heavy atom. The van der Waals surface area contributed by atoms with Crippen LogP contribution in [0.1, 0.15) is 46.1 Å². The molecule has 0 radical (unpaired) electrons. The Bertz CT molecular complexity index is 1020. The van der Waals surface area contributed by atoms with Crippen LogP contribution in [-0.4, -0.2) is 22.1 Å². The van der Waals surface area contributed by atoms with Crippen molar-refractivity contribution in [2.24, 2.45) is 0 Å². The number of rotatable bonds is 4. The molecule has 0 spiro atoms. The summed E-state index contributed by atoms with van der Waals surface area (Å²) in [5, 5.41) is 0.801. The van der Waals surface area contributed by atoms with Gasteiger partial charge >= 0.3 is 5.97 Å². The van der Waals surface area contributed by atoms with Crippen LogP contribution in [0.15, 0.2) is 35.4 Å². The van der Waals surface area contributed by atoms with E-state index in [0.29, 0.717) is 18.7 Å². The van der Waals surface area contributed by atoms with Crippen molar-refractivity contribution < 1.29 is 9.53 Å². The average Bonchev–Trinajstić information content (AvgIpc) is 3.04. The number of carbonyl (C=O) groups excluding carboxylic acids is 1. The highest BCUT2D eigenvalue weighted by Crippen LogP contribution is 2.33. The van der Waals surface area contributed by atoms with Crippen LogP contribution in [0.4, 0.5) is 0 Å². The van der Waals surface area contributed by atoms with Crippen LogP contribution in [0.25, 0.3) is 10.2 Å². The quantitative estimate of drug-likeness (QED) is 0.661. The van der Waals surface area contributed by atoms with Crippen molar-refractivity contribution in [2.45, 2.75) is 39.2 Å². The number of aromatic nitrogens is 2. The van der Waals surface area contributed by atoms with Crippen LogP contribution in [0.2, 0.25) is 0 Å². The second-order valence-corrected chi connectivity index (χ2v) is 7.57. The summed E-state index contributed by atoms with van der Waals surface area (Å²) in [4.78, 5) is 31.4. The van der Waals surface area contributed by atoms with Gasteiger partial charge in [0.05, 0.1) is 30.4 Å². The molecule has 0 fully saturated rings. The van der Waals surface area contributed by atoms with Gasteiger partial charge in [-0.05, 0) is 55.9 Å². The standard InChI is InChI=1S/C20H20N2O3S/c1-2-25-20(24)14-9-7-13(8-10-14)11-22-12-21-18-17(19(22)23)15-5-3-4-6-16(15)26-18/h7-10,12H,2-6,11H2,1H3. The van der Waals surface area contributed by atoms with E-state index in [4.69, 9.17) is 4.74 Å². The molecular formula is C20H20N2O3S. The van der Waals surface area contributed by atoms with E-state index in [2.05, 4.69) is 4.98 Å². The molecule has 0 aliphatic heterocycles. The van der Waals surface area contributed by atoms with Crippen molar-refractivity contribution in [2.75, 3.05) is 6.61 Å². The molecule has 26 heavy (non-hydrogen) atoms. The minimum Gasteiger partial charge on any atom is -0.462 e. The summed E-state index contributed by atoms with van der Waals surface area (Å²) < 4.78 is 6.65. The van der Waals surface area contributed by atoms with Crippen LogP contribution in [0.3, 0.4) is 0 Å². The van der Waals surface area contributed by atoms with Crippen LogP contribution in [0.5, 0.6) is 0 Å². The van der Waals surface area contributed by atoms with Gasteiger partial charge in [-0.2, -0.15) is 0 Å². The predicted octanol–water partition coefficient (Wildman–Crippen LogP) is 3.56. The van der Waals surface area contributed by atoms with E-state index in [9.17, 15) is 9.59 Å². The van der Waals surface area contributed by atoms with Gasteiger partial charge in [0.25, 0.3) is 5.56 Å². The van der Waals surface area contributed by atoms with Crippen molar-refractivity contribution >= 4 is 27.5 Å². The fraction of sp³-hybridized carbons (Fsp3) is 0.350. The van der Waals surface area contributed by atoms with Gasteiger partial charge < -0.3 is 4.74 Å². The molecule has 0 bridgehead atoms. The zero-order valence-electron chi connectivity index (χ0n) is 14.7. The summed E-state index contributed by atoms with van der Waals surface area (Å²) in [7, 11) is 0. The first-order chi connectivity index (χ1) is 12.7. The second kappa shape index (κ2) is 7.03. The van der Waals surface area contributed by atoms with Crippen molar-refractivity contribution in [3.05, 3.63) is 62.5 Å². The molecule has 1 aromatic carbocycles. The van der Waals surface area contributed by atoms with E-state index < -0.39 is 0 Å². The summed E-state index contributed by atoms with van der Waals surface area (Å²) in [6, 6.07) is 7.17. The molecule has 0 N–H and O–H groups in total. The van der Waals surface area contributed by atoms with Gasteiger partial charge in [-0.1, -0.05) is 12.1 Å². The molecule has 134 valence electrons. The van der Waals surface area contributed by atoms with E-state index in [-0.39, 0.29) is 11.5 Å². The van der Waals surface area contributed by atoms with Crippen molar-refractivity contribution in [3.63, 3.8) is 0 Å². The lowest BCUT2D eigenvalue weighted by molar-refractivity contribution is 0.0526. The molecule has 0 atom stereocenters. The normalized spacial score (nSPS) is 13.6. The van der Waals surface area contributed by atoms with E-state index in [1.165, 1.54) is 16.9 Å². The third-order valence-electron chi connectivity index (χ3n) is 4.76. The molecule has 2 heterocycles. The first-order valence-electron chi connectivity index (χ1n) is 8.93. The van der Waals surface area contributed by atoms with E-state index >= 15 is 0 Å². The van der Waals surface area contributed by atoms with Gasteiger partial charge in [-0.25, -0.2) is 9.78 Å². The molecule has 0 amide bonds. The van der Waals surface area contributed by atoms with Crippen LogP contribution < -0.4 is 5.56 Å². The monoisotopic (exact) mass is 368 g/mol. The molecular weight excluding hydrogens is 348 g/mol. The largest absolute Gasteiger partial charge is 0.462 e. The Labute approximate surface area is 155 Å². The second-order valence-electron chi connectivity index (χ2n) is 6.49. The minimum atomic E-state index is -0.329. The molecule has 0 saturated heterocycles. The van der Waals surface area contributed by atoms with E-state index in [0.717, 1.165) is 35.0 Å². The number of ether oxygens (including phenoxy) is 1. The maximum atomic E-state index is 13.0. The van der Waals surface area contributed by atoms with Crippen molar-refractivity contribution in [1.29, 1.82) is 0 Å². The highest BCUT2D eigenvalue weighted by atomic mass is 32.1. The third kappa shape index (κ3) is 3.05. The van der Waals surface area contributed by atoms with Gasteiger partial charge in [-0.15, -0.1) is 11.3 Å². The molecule has 0 saturated carbocycles. The summed E-state index contributed by atoms with van der Waals surface area (Å²) in [5.74, 6) is -0.329. The van der Waals surface area contributed by atoms with E-state index in [1.54, 1.807) is 41.3 Å². The minimum absolute atomic E-state index is 0.0314. The summed E-state index contributed by atoms with van der Waals surface area (Å²) in [5.41, 5.74) is 2.71. The number of carbonyl (C=O) groups is 1. The molecule has 5 nitrogen and oxygen atoms in total. The van der Waals surface area contributed by atoms with Gasteiger partial charge in [0.1, 0.15) is 4.83 Å². The predicted molar refractivity (Wildman–Crippen MR) is 102 cm³/mol. The Balaban J connectivity index is 1.64. The molecule has 2 aromatic heterocycles. The van der Waals surface area contributed by atoms with Gasteiger partial charge in [0, 0.05) is 4.88 Å². The maximum absolute atomic E-state index is 13.0. The smallest absolute Gasteiger partial charge is 0.338 e. The highest BCUT2D eigenvalue weighted by Gasteiger charge is 2.20. The lowest BCUT2D eigenvalue weighted by Crippen LogP contribution is -2.21. The molecule has 4 rings (SSSR count). The number of nitrogens with zero attached hydrogens (tertiary/aromatic N) is 2. The topological polar surface area (TPSA) is 61.2 Å². The number of hydrogen-bond acceptors (Lipinski definition) is 5. The lowest BCUT2D eigenvalue weighted by atomic mass is 9.97. The lowest BCUT2D eigenvalue weighted by Gasteiger charge is -2.10. The molecule has 1 aliphatic carbocycles. The molecule has 1 aliphatic rings. The van der Waals surface area contributed by atoms with E-state index in [1.807, 2.05) is 12.1 Å². The summed E-state index contributed by atoms with van der Waals surface area (Å²) >= 11 is 1.66. The Morgan fingerprint density at radius 3 is 2.77 bits per heavy atom. The zero-order chi connectivity index (χ0) is 18.1. The fourth-order valence-corrected chi connectivity index (χ4v) is 4.67. The Morgan fingerprint density at radius 1 is 1.23 bits per heavy atom. The SMILES string of the molecule is CCOC(=O)c1ccc(Cn2cnc3sc4c(c3c2=O)CCCC4)cc1. The first kappa shape index (κ1) is 17.0. The van der Waals surface area contributed by atoms with Gasteiger partial charge in [0.2, 0.25) is 0 Å². The van der Waals surface area contributed by atoms with Crippen LogP contribution in [-0.2, 0) is 24.1 Å².